The number of alkyl carbamates (subject to hydrolysis) is 1. The first-order valence-corrected chi connectivity index (χ1v) is 7.39. The fourth-order valence-electron chi connectivity index (χ4n) is 2.15. The Hall–Kier alpha value is -3.23. The van der Waals surface area contributed by atoms with Gasteiger partial charge in [0.05, 0.1) is 18.4 Å². The molecule has 0 aliphatic carbocycles. The lowest BCUT2D eigenvalue weighted by atomic mass is 10.2. The molecule has 1 fully saturated rings. The van der Waals surface area contributed by atoms with E-state index in [9.17, 15) is 24.0 Å². The molecule has 1 aromatic carbocycles. The molecular formula is C16H16N2O7. The largest absolute Gasteiger partial charge is 0.453 e. The van der Waals surface area contributed by atoms with Gasteiger partial charge in [-0.1, -0.05) is 0 Å². The number of nitrogens with one attached hydrogen (secondary N) is 1. The van der Waals surface area contributed by atoms with Gasteiger partial charge in [0.25, 0.3) is 5.91 Å². The smallest absolute Gasteiger partial charge is 0.413 e. The molecule has 1 aromatic rings. The van der Waals surface area contributed by atoms with Gasteiger partial charge in [-0.2, -0.15) is 0 Å². The van der Waals surface area contributed by atoms with Crippen LogP contribution in [0.1, 0.15) is 30.1 Å². The number of hydrogen-bond donors (Lipinski definition) is 1. The number of carbonyl (C=O) groups excluding carboxylic acids is 5. The van der Waals surface area contributed by atoms with E-state index in [0.29, 0.717) is 5.69 Å². The number of methoxy groups -OCH3 is 1. The number of rotatable bonds is 4. The zero-order valence-corrected chi connectivity index (χ0v) is 13.6. The topological polar surface area (TPSA) is 119 Å². The van der Waals surface area contributed by atoms with Crippen LogP contribution in [0.25, 0.3) is 0 Å². The first-order valence-electron chi connectivity index (χ1n) is 7.39. The molecule has 1 aliphatic heterocycles. The van der Waals surface area contributed by atoms with Crippen LogP contribution in [0.2, 0.25) is 0 Å². The van der Waals surface area contributed by atoms with Crippen molar-refractivity contribution in [2.45, 2.75) is 25.9 Å². The second-order valence-corrected chi connectivity index (χ2v) is 5.20. The van der Waals surface area contributed by atoms with Gasteiger partial charge in [-0.3, -0.25) is 24.6 Å². The molecular weight excluding hydrogens is 332 g/mol. The standard InChI is InChI=1S/C16H16N2O7/c1-9(14(21)17-16(23)24-2)25-15(22)10-3-5-11(6-4-10)18-12(19)7-8-13(18)20/h3-6,9H,7-8H2,1-2H3,(H,17,21,23)/t9-/m0/s1. The van der Waals surface area contributed by atoms with E-state index in [1.807, 2.05) is 5.32 Å². The fraction of sp³-hybridized carbons (Fsp3) is 0.312. The number of nitrogens with zero attached hydrogens (tertiary/aromatic N) is 1. The molecule has 1 atom stereocenters. The number of amides is 4. The molecule has 0 saturated carbocycles. The van der Waals surface area contributed by atoms with Crippen molar-refractivity contribution in [3.05, 3.63) is 29.8 Å². The summed E-state index contributed by atoms with van der Waals surface area (Å²) in [5.74, 6) is -2.22. The number of carbonyl (C=O) groups is 5. The van der Waals surface area contributed by atoms with Crippen molar-refractivity contribution in [3.8, 4) is 0 Å². The number of hydrogen-bond acceptors (Lipinski definition) is 7. The Morgan fingerprint density at radius 2 is 1.64 bits per heavy atom. The molecule has 9 nitrogen and oxygen atoms in total. The summed E-state index contributed by atoms with van der Waals surface area (Å²) in [5.41, 5.74) is 0.487. The van der Waals surface area contributed by atoms with E-state index < -0.39 is 24.1 Å². The summed E-state index contributed by atoms with van der Waals surface area (Å²) in [7, 11) is 1.09. The maximum atomic E-state index is 12.0. The minimum atomic E-state index is -1.21. The number of esters is 1. The normalized spacial score (nSPS) is 14.9. The maximum absolute atomic E-state index is 12.0. The van der Waals surface area contributed by atoms with E-state index in [4.69, 9.17) is 4.74 Å². The molecule has 0 spiro atoms. The van der Waals surface area contributed by atoms with Gasteiger partial charge in [0.2, 0.25) is 11.8 Å². The van der Waals surface area contributed by atoms with Gasteiger partial charge in [0.1, 0.15) is 0 Å². The Morgan fingerprint density at radius 1 is 1.08 bits per heavy atom. The van der Waals surface area contributed by atoms with Crippen LogP contribution in [0, 0.1) is 0 Å². The summed E-state index contributed by atoms with van der Waals surface area (Å²) >= 11 is 0. The first kappa shape index (κ1) is 18.1. The molecule has 132 valence electrons. The van der Waals surface area contributed by atoms with Gasteiger partial charge in [0, 0.05) is 12.8 Å². The van der Waals surface area contributed by atoms with Crippen LogP contribution in [0.15, 0.2) is 24.3 Å². The van der Waals surface area contributed by atoms with Crippen molar-refractivity contribution < 1.29 is 33.4 Å². The Morgan fingerprint density at radius 3 is 2.16 bits per heavy atom. The van der Waals surface area contributed by atoms with E-state index in [0.717, 1.165) is 12.0 Å². The van der Waals surface area contributed by atoms with Gasteiger partial charge >= 0.3 is 12.1 Å². The molecule has 4 amide bonds. The summed E-state index contributed by atoms with van der Waals surface area (Å²) in [4.78, 5) is 59.0. The second kappa shape index (κ2) is 7.56. The summed E-state index contributed by atoms with van der Waals surface area (Å²) in [6, 6.07) is 5.64. The van der Waals surface area contributed by atoms with E-state index in [1.54, 1.807) is 0 Å². The SMILES string of the molecule is COC(=O)NC(=O)[C@H](C)OC(=O)c1ccc(N2C(=O)CCC2=O)cc1. The lowest BCUT2D eigenvalue weighted by Gasteiger charge is -2.15. The molecule has 9 heteroatoms. The third-order valence-electron chi connectivity index (χ3n) is 3.48. The average Bonchev–Trinajstić information content (AvgIpc) is 2.93. The Kier molecular flexibility index (Phi) is 5.48. The van der Waals surface area contributed by atoms with Crippen molar-refractivity contribution in [2.24, 2.45) is 0 Å². The molecule has 0 aromatic heterocycles. The average molecular weight is 348 g/mol. The molecule has 1 saturated heterocycles. The molecule has 1 N–H and O–H groups in total. The van der Waals surface area contributed by atoms with Crippen molar-refractivity contribution in [2.75, 3.05) is 12.0 Å². The summed E-state index contributed by atoms with van der Waals surface area (Å²) < 4.78 is 9.21. The van der Waals surface area contributed by atoms with E-state index in [-0.39, 0.29) is 30.2 Å². The van der Waals surface area contributed by atoms with E-state index >= 15 is 0 Å². The number of ether oxygens (including phenoxy) is 2. The summed E-state index contributed by atoms with van der Waals surface area (Å²) in [6.07, 6.45) is -1.85. The highest BCUT2D eigenvalue weighted by Gasteiger charge is 2.30. The van der Waals surface area contributed by atoms with Crippen LogP contribution in [0.3, 0.4) is 0 Å². The summed E-state index contributed by atoms with van der Waals surface area (Å²) in [6.45, 7) is 1.30. The van der Waals surface area contributed by atoms with Gasteiger partial charge in [-0.05, 0) is 31.2 Å². The van der Waals surface area contributed by atoms with Gasteiger partial charge in [-0.25, -0.2) is 9.59 Å². The molecule has 2 rings (SSSR count). The van der Waals surface area contributed by atoms with Crippen LogP contribution >= 0.6 is 0 Å². The number of benzene rings is 1. The summed E-state index contributed by atoms with van der Waals surface area (Å²) in [5, 5.41) is 1.88. The number of anilines is 1. The first-order chi connectivity index (χ1) is 11.8. The third kappa shape index (κ3) is 4.19. The van der Waals surface area contributed by atoms with Crippen molar-refractivity contribution in [1.29, 1.82) is 0 Å². The van der Waals surface area contributed by atoms with Gasteiger partial charge < -0.3 is 9.47 Å². The quantitative estimate of drug-likeness (QED) is 0.630. The highest BCUT2D eigenvalue weighted by molar-refractivity contribution is 6.19. The lowest BCUT2D eigenvalue weighted by molar-refractivity contribution is -0.128. The van der Waals surface area contributed by atoms with Crippen LogP contribution in [0.4, 0.5) is 10.5 Å². The van der Waals surface area contributed by atoms with Crippen LogP contribution in [-0.4, -0.2) is 43.0 Å². The predicted molar refractivity (Wildman–Crippen MR) is 83.6 cm³/mol. The van der Waals surface area contributed by atoms with Crippen molar-refractivity contribution in [3.63, 3.8) is 0 Å². The van der Waals surface area contributed by atoms with Crippen LogP contribution in [0.5, 0.6) is 0 Å². The van der Waals surface area contributed by atoms with E-state index in [1.165, 1.54) is 31.2 Å². The fourth-order valence-corrected chi connectivity index (χ4v) is 2.15. The predicted octanol–water partition coefficient (Wildman–Crippen LogP) is 0.768. The van der Waals surface area contributed by atoms with E-state index in [2.05, 4.69) is 4.74 Å². The molecule has 25 heavy (non-hydrogen) atoms. The Bertz CT molecular complexity index is 711. The Balaban J connectivity index is 2.00. The monoisotopic (exact) mass is 348 g/mol. The van der Waals surface area contributed by atoms with Crippen molar-refractivity contribution >= 4 is 35.5 Å². The number of imide groups is 2. The molecule has 0 bridgehead atoms. The molecule has 0 radical (unpaired) electrons. The molecule has 1 aliphatic rings. The van der Waals surface area contributed by atoms with Crippen LogP contribution < -0.4 is 10.2 Å². The highest BCUT2D eigenvalue weighted by atomic mass is 16.6. The van der Waals surface area contributed by atoms with Crippen LogP contribution in [-0.2, 0) is 23.9 Å². The lowest BCUT2D eigenvalue weighted by Crippen LogP contribution is -2.39. The van der Waals surface area contributed by atoms with Gasteiger partial charge in [0.15, 0.2) is 6.10 Å². The second-order valence-electron chi connectivity index (χ2n) is 5.20. The zero-order chi connectivity index (χ0) is 18.6. The minimum Gasteiger partial charge on any atom is -0.453 e. The third-order valence-corrected chi connectivity index (χ3v) is 3.48. The maximum Gasteiger partial charge on any atom is 0.413 e. The zero-order valence-electron chi connectivity index (χ0n) is 13.6. The van der Waals surface area contributed by atoms with Crippen molar-refractivity contribution in [1.82, 2.24) is 5.32 Å². The molecule has 0 unspecified atom stereocenters. The van der Waals surface area contributed by atoms with Gasteiger partial charge in [-0.15, -0.1) is 0 Å². The highest BCUT2D eigenvalue weighted by Crippen LogP contribution is 2.23. The Labute approximate surface area is 142 Å². The minimum absolute atomic E-state index is 0.126. The molecule has 1 heterocycles.